The van der Waals surface area contributed by atoms with Crippen molar-refractivity contribution >= 4 is 6.41 Å². The lowest BCUT2D eigenvalue weighted by molar-refractivity contribution is -0.109. The Morgan fingerprint density at radius 2 is 2.33 bits per heavy atom. The molecule has 0 aromatic rings. The summed E-state index contributed by atoms with van der Waals surface area (Å²) >= 11 is 0. The summed E-state index contributed by atoms with van der Waals surface area (Å²) in [5, 5.41) is 2.48. The highest BCUT2D eigenvalue weighted by atomic mass is 16.6. The SMILES string of the molecule is CCONCCNC=O. The van der Waals surface area contributed by atoms with Crippen molar-refractivity contribution in [2.45, 2.75) is 6.92 Å². The molecular formula is C5H12N2O2. The van der Waals surface area contributed by atoms with Crippen molar-refractivity contribution in [3.63, 3.8) is 0 Å². The molecular weight excluding hydrogens is 120 g/mol. The number of hydroxylamine groups is 1. The summed E-state index contributed by atoms with van der Waals surface area (Å²) in [6.45, 7) is 3.78. The Balaban J connectivity index is 2.66. The first-order chi connectivity index (χ1) is 4.41. The van der Waals surface area contributed by atoms with Crippen molar-refractivity contribution in [1.29, 1.82) is 0 Å². The molecule has 0 rings (SSSR count). The van der Waals surface area contributed by atoms with E-state index in [2.05, 4.69) is 10.8 Å². The van der Waals surface area contributed by atoms with Gasteiger partial charge in [0.15, 0.2) is 0 Å². The molecule has 0 aliphatic rings. The van der Waals surface area contributed by atoms with E-state index < -0.39 is 0 Å². The van der Waals surface area contributed by atoms with Crippen molar-refractivity contribution in [3.8, 4) is 0 Å². The molecule has 0 aromatic carbocycles. The van der Waals surface area contributed by atoms with E-state index in [1.165, 1.54) is 0 Å². The third-order valence-electron chi connectivity index (χ3n) is 0.701. The number of hydrogen-bond donors (Lipinski definition) is 2. The number of amides is 1. The van der Waals surface area contributed by atoms with Crippen molar-refractivity contribution in [2.75, 3.05) is 19.7 Å². The van der Waals surface area contributed by atoms with Crippen LogP contribution in [0.5, 0.6) is 0 Å². The van der Waals surface area contributed by atoms with Crippen LogP contribution in [0.25, 0.3) is 0 Å². The van der Waals surface area contributed by atoms with Crippen molar-refractivity contribution in [3.05, 3.63) is 0 Å². The van der Waals surface area contributed by atoms with E-state index in [1.807, 2.05) is 6.92 Å². The third-order valence-corrected chi connectivity index (χ3v) is 0.701. The van der Waals surface area contributed by atoms with Gasteiger partial charge in [0.2, 0.25) is 6.41 Å². The van der Waals surface area contributed by atoms with E-state index >= 15 is 0 Å². The van der Waals surface area contributed by atoms with Gasteiger partial charge in [-0.3, -0.25) is 4.79 Å². The minimum absolute atomic E-state index is 0.601. The van der Waals surface area contributed by atoms with Crippen LogP contribution < -0.4 is 10.8 Å². The van der Waals surface area contributed by atoms with E-state index in [1.54, 1.807) is 0 Å². The molecule has 0 atom stereocenters. The molecule has 54 valence electrons. The van der Waals surface area contributed by atoms with Crippen LogP contribution in [0.15, 0.2) is 0 Å². The molecule has 0 heterocycles. The van der Waals surface area contributed by atoms with Crippen LogP contribution in [0.4, 0.5) is 0 Å². The van der Waals surface area contributed by atoms with Gasteiger partial charge in [0.05, 0.1) is 6.61 Å². The lowest BCUT2D eigenvalue weighted by Crippen LogP contribution is -2.26. The second-order valence-electron chi connectivity index (χ2n) is 1.40. The fourth-order valence-electron chi connectivity index (χ4n) is 0.356. The van der Waals surface area contributed by atoms with Crippen LogP contribution >= 0.6 is 0 Å². The highest BCUT2D eigenvalue weighted by Crippen LogP contribution is 1.61. The molecule has 4 heteroatoms. The first-order valence-electron chi connectivity index (χ1n) is 2.93. The highest BCUT2D eigenvalue weighted by Gasteiger charge is 1.81. The second kappa shape index (κ2) is 7.39. The number of hydrogen-bond acceptors (Lipinski definition) is 3. The first kappa shape index (κ1) is 8.39. The molecule has 0 aliphatic heterocycles. The molecule has 4 nitrogen and oxygen atoms in total. The quantitative estimate of drug-likeness (QED) is 0.285. The van der Waals surface area contributed by atoms with Crippen LogP contribution in [0.3, 0.4) is 0 Å². The monoisotopic (exact) mass is 132 g/mol. The molecule has 0 spiro atoms. The van der Waals surface area contributed by atoms with Gasteiger partial charge < -0.3 is 10.2 Å². The Morgan fingerprint density at radius 1 is 1.56 bits per heavy atom. The zero-order valence-corrected chi connectivity index (χ0v) is 5.52. The summed E-state index contributed by atoms with van der Waals surface area (Å²) in [7, 11) is 0. The van der Waals surface area contributed by atoms with Gasteiger partial charge in [-0.1, -0.05) is 0 Å². The Labute approximate surface area is 54.5 Å². The Hall–Kier alpha value is -0.610. The lowest BCUT2D eigenvalue weighted by Gasteiger charge is -2.00. The fourth-order valence-corrected chi connectivity index (χ4v) is 0.356. The summed E-state index contributed by atoms with van der Waals surface area (Å²) in [6.07, 6.45) is 0.660. The Kier molecular flexibility index (Phi) is 6.89. The molecule has 0 bridgehead atoms. The van der Waals surface area contributed by atoms with Crippen LogP contribution in [0, 0.1) is 0 Å². The number of carbonyl (C=O) groups excluding carboxylic acids is 1. The Bertz CT molecular complexity index is 68.0. The fraction of sp³-hybridized carbons (Fsp3) is 0.800. The summed E-state index contributed by atoms with van der Waals surface area (Å²) in [6, 6.07) is 0. The predicted octanol–water partition coefficient (Wildman–Crippen LogP) is -0.726. The number of rotatable bonds is 6. The van der Waals surface area contributed by atoms with Gasteiger partial charge in [-0.05, 0) is 6.92 Å². The van der Waals surface area contributed by atoms with Gasteiger partial charge in [-0.2, -0.15) is 0 Å². The molecule has 0 radical (unpaired) electrons. The molecule has 0 aliphatic carbocycles. The third kappa shape index (κ3) is 7.39. The molecule has 0 saturated carbocycles. The zero-order chi connectivity index (χ0) is 6.95. The minimum Gasteiger partial charge on any atom is -0.357 e. The molecule has 2 N–H and O–H groups in total. The van der Waals surface area contributed by atoms with Crippen LogP contribution in [0.1, 0.15) is 6.92 Å². The second-order valence-corrected chi connectivity index (χ2v) is 1.40. The average molecular weight is 132 g/mol. The molecule has 0 aromatic heterocycles. The van der Waals surface area contributed by atoms with E-state index in [4.69, 9.17) is 4.84 Å². The maximum Gasteiger partial charge on any atom is 0.207 e. The molecule has 0 saturated heterocycles. The van der Waals surface area contributed by atoms with Crippen molar-refractivity contribution in [1.82, 2.24) is 10.8 Å². The van der Waals surface area contributed by atoms with E-state index in [-0.39, 0.29) is 0 Å². The van der Waals surface area contributed by atoms with Crippen molar-refractivity contribution < 1.29 is 9.63 Å². The molecule has 0 fully saturated rings. The zero-order valence-electron chi connectivity index (χ0n) is 5.52. The summed E-state index contributed by atoms with van der Waals surface area (Å²) in [5.41, 5.74) is 2.65. The van der Waals surface area contributed by atoms with Crippen LogP contribution in [-0.2, 0) is 9.63 Å². The van der Waals surface area contributed by atoms with Gasteiger partial charge in [0, 0.05) is 13.1 Å². The molecule has 1 amide bonds. The first-order valence-corrected chi connectivity index (χ1v) is 2.93. The average Bonchev–Trinajstić information content (AvgIpc) is 1.89. The van der Waals surface area contributed by atoms with Crippen molar-refractivity contribution in [2.24, 2.45) is 0 Å². The normalized spacial score (nSPS) is 9.00. The van der Waals surface area contributed by atoms with E-state index in [0.29, 0.717) is 26.1 Å². The largest absolute Gasteiger partial charge is 0.357 e. The van der Waals surface area contributed by atoms with E-state index in [9.17, 15) is 4.79 Å². The number of carbonyl (C=O) groups is 1. The maximum atomic E-state index is 9.66. The minimum atomic E-state index is 0.601. The molecule has 0 unspecified atom stereocenters. The topological polar surface area (TPSA) is 50.4 Å². The standard InChI is InChI=1S/C5H12N2O2/c1-2-9-7-4-3-6-5-8/h5,7H,2-4H2,1H3,(H,6,8). The summed E-state index contributed by atoms with van der Waals surface area (Å²) in [4.78, 5) is 14.4. The summed E-state index contributed by atoms with van der Waals surface area (Å²) < 4.78 is 0. The van der Waals surface area contributed by atoms with Crippen LogP contribution in [0.2, 0.25) is 0 Å². The van der Waals surface area contributed by atoms with Gasteiger partial charge >= 0.3 is 0 Å². The number of nitrogens with one attached hydrogen (secondary N) is 2. The molecule has 9 heavy (non-hydrogen) atoms. The Morgan fingerprint density at radius 3 is 2.89 bits per heavy atom. The van der Waals surface area contributed by atoms with E-state index in [0.717, 1.165) is 0 Å². The van der Waals surface area contributed by atoms with Gasteiger partial charge in [0.1, 0.15) is 0 Å². The maximum absolute atomic E-state index is 9.66. The smallest absolute Gasteiger partial charge is 0.207 e. The predicted molar refractivity (Wildman–Crippen MR) is 33.7 cm³/mol. The van der Waals surface area contributed by atoms with Gasteiger partial charge in [-0.25, -0.2) is 5.48 Å². The van der Waals surface area contributed by atoms with Gasteiger partial charge in [-0.15, -0.1) is 0 Å². The lowest BCUT2D eigenvalue weighted by atomic mass is 10.7. The highest BCUT2D eigenvalue weighted by molar-refractivity contribution is 5.45. The summed E-state index contributed by atoms with van der Waals surface area (Å²) in [5.74, 6) is 0. The van der Waals surface area contributed by atoms with Gasteiger partial charge in [0.25, 0.3) is 0 Å². The van der Waals surface area contributed by atoms with Crippen LogP contribution in [-0.4, -0.2) is 26.1 Å².